The van der Waals surface area contributed by atoms with Crippen molar-refractivity contribution in [3.05, 3.63) is 71.7 Å². The number of fused-ring (bicyclic) bond motifs is 1. The van der Waals surface area contributed by atoms with E-state index in [-0.39, 0.29) is 11.7 Å². The lowest BCUT2D eigenvalue weighted by atomic mass is 10.1. The molecule has 0 saturated carbocycles. The number of rotatable bonds is 7. The molecular formula is C25H27N7O3. The first kappa shape index (κ1) is 22.8. The van der Waals surface area contributed by atoms with E-state index in [0.717, 1.165) is 44.0 Å². The van der Waals surface area contributed by atoms with Crippen LogP contribution in [0.5, 0.6) is 5.88 Å². The number of amides is 1. The summed E-state index contributed by atoms with van der Waals surface area (Å²) in [7, 11) is 1.55. The molecule has 1 fully saturated rings. The van der Waals surface area contributed by atoms with E-state index in [2.05, 4.69) is 37.4 Å². The molecule has 0 radical (unpaired) electrons. The van der Waals surface area contributed by atoms with Gasteiger partial charge in [0.1, 0.15) is 11.8 Å². The number of ether oxygens (including phenoxy) is 2. The first-order chi connectivity index (χ1) is 17.1. The van der Waals surface area contributed by atoms with E-state index in [4.69, 9.17) is 15.2 Å². The van der Waals surface area contributed by atoms with Crippen LogP contribution in [-0.4, -0.2) is 63.8 Å². The molecule has 0 spiro atoms. The number of nitrogens with zero attached hydrogens (tertiary/aromatic N) is 5. The molecular weight excluding hydrogens is 446 g/mol. The Kier molecular flexibility index (Phi) is 6.55. The largest absolute Gasteiger partial charge is 0.481 e. The SMILES string of the molecule is COc1cc(-c2cc(C(=O)NCc3cccc(CN4CCOCC4)c3)c3c(N)ncnn23)ccn1. The first-order valence-corrected chi connectivity index (χ1v) is 11.4. The van der Waals surface area contributed by atoms with E-state index in [0.29, 0.717) is 29.2 Å². The lowest BCUT2D eigenvalue weighted by molar-refractivity contribution is 0.0342. The molecule has 0 aliphatic carbocycles. The Morgan fingerprint density at radius 1 is 1.14 bits per heavy atom. The Hall–Kier alpha value is -4.02. The number of morpholine rings is 1. The molecule has 1 aromatic carbocycles. The van der Waals surface area contributed by atoms with Gasteiger partial charge in [0.15, 0.2) is 5.82 Å². The molecule has 3 aromatic heterocycles. The average Bonchev–Trinajstić information content (AvgIpc) is 3.29. The van der Waals surface area contributed by atoms with Crippen LogP contribution in [0.4, 0.5) is 5.82 Å². The highest BCUT2D eigenvalue weighted by molar-refractivity contribution is 6.05. The number of benzene rings is 1. The van der Waals surface area contributed by atoms with Gasteiger partial charge in [0.2, 0.25) is 5.88 Å². The monoisotopic (exact) mass is 473 g/mol. The van der Waals surface area contributed by atoms with E-state index in [1.54, 1.807) is 30.0 Å². The number of hydrogen-bond donors (Lipinski definition) is 2. The lowest BCUT2D eigenvalue weighted by Crippen LogP contribution is -2.35. The highest BCUT2D eigenvalue weighted by atomic mass is 16.5. The van der Waals surface area contributed by atoms with Crippen molar-refractivity contribution in [2.45, 2.75) is 13.1 Å². The second kappa shape index (κ2) is 10.1. The molecule has 0 atom stereocenters. The van der Waals surface area contributed by atoms with Crippen molar-refractivity contribution in [2.24, 2.45) is 0 Å². The van der Waals surface area contributed by atoms with Gasteiger partial charge >= 0.3 is 0 Å². The first-order valence-electron chi connectivity index (χ1n) is 11.4. The summed E-state index contributed by atoms with van der Waals surface area (Å²) in [6.45, 7) is 4.64. The molecule has 4 aromatic rings. The Bertz CT molecular complexity index is 1350. The van der Waals surface area contributed by atoms with Crippen LogP contribution in [0.3, 0.4) is 0 Å². The second-order valence-corrected chi connectivity index (χ2v) is 8.33. The molecule has 4 heterocycles. The van der Waals surface area contributed by atoms with Crippen LogP contribution in [-0.2, 0) is 17.8 Å². The van der Waals surface area contributed by atoms with Gasteiger partial charge in [0, 0.05) is 44.0 Å². The zero-order valence-electron chi connectivity index (χ0n) is 19.5. The highest BCUT2D eigenvalue weighted by Gasteiger charge is 2.20. The normalized spacial score (nSPS) is 14.2. The van der Waals surface area contributed by atoms with E-state index >= 15 is 0 Å². The van der Waals surface area contributed by atoms with E-state index in [1.165, 1.54) is 11.9 Å². The van der Waals surface area contributed by atoms with Crippen LogP contribution in [0.2, 0.25) is 0 Å². The summed E-state index contributed by atoms with van der Waals surface area (Å²) >= 11 is 0. The van der Waals surface area contributed by atoms with Crippen molar-refractivity contribution >= 4 is 17.2 Å². The number of aromatic nitrogens is 4. The summed E-state index contributed by atoms with van der Waals surface area (Å²) in [5, 5.41) is 7.35. The minimum atomic E-state index is -0.255. The standard InChI is InChI=1S/C25H27N7O3/c1-34-22-12-19(5-6-27-22)21-13-20(23-24(26)29-16-30-32(21)23)25(33)28-14-17-3-2-4-18(11-17)15-31-7-9-35-10-8-31/h2-6,11-13,16H,7-10,14-15H2,1H3,(H,28,33)(H2,26,29,30). The summed E-state index contributed by atoms with van der Waals surface area (Å²) in [6.07, 6.45) is 3.01. The average molecular weight is 474 g/mol. The van der Waals surface area contributed by atoms with Crippen LogP contribution in [0, 0.1) is 0 Å². The Labute approximate surface area is 202 Å². The fourth-order valence-corrected chi connectivity index (χ4v) is 4.26. The molecule has 0 unspecified atom stereocenters. The maximum atomic E-state index is 13.3. The van der Waals surface area contributed by atoms with Crippen molar-refractivity contribution < 1.29 is 14.3 Å². The summed E-state index contributed by atoms with van der Waals surface area (Å²) < 4.78 is 12.3. The van der Waals surface area contributed by atoms with Gasteiger partial charge in [-0.05, 0) is 23.3 Å². The van der Waals surface area contributed by atoms with E-state index in [9.17, 15) is 4.79 Å². The van der Waals surface area contributed by atoms with Gasteiger partial charge in [-0.15, -0.1) is 0 Å². The number of nitrogens with two attached hydrogens (primary N) is 1. The molecule has 10 nitrogen and oxygen atoms in total. The second-order valence-electron chi connectivity index (χ2n) is 8.33. The number of anilines is 1. The fourth-order valence-electron chi connectivity index (χ4n) is 4.26. The molecule has 0 bridgehead atoms. The predicted molar refractivity (Wildman–Crippen MR) is 131 cm³/mol. The molecule has 1 aliphatic heterocycles. The van der Waals surface area contributed by atoms with Crippen LogP contribution in [0.15, 0.2) is 55.0 Å². The predicted octanol–water partition coefficient (Wildman–Crippen LogP) is 2.14. The molecule has 3 N–H and O–H groups in total. The molecule has 10 heteroatoms. The number of hydrogen-bond acceptors (Lipinski definition) is 8. The smallest absolute Gasteiger partial charge is 0.253 e. The summed E-state index contributed by atoms with van der Waals surface area (Å²) in [5.74, 6) is 0.433. The lowest BCUT2D eigenvalue weighted by Gasteiger charge is -2.26. The van der Waals surface area contributed by atoms with Crippen molar-refractivity contribution in [1.29, 1.82) is 0 Å². The number of methoxy groups -OCH3 is 1. The summed E-state index contributed by atoms with van der Waals surface area (Å²) in [4.78, 5) is 23.9. The van der Waals surface area contributed by atoms with Crippen LogP contribution >= 0.6 is 0 Å². The van der Waals surface area contributed by atoms with Crippen LogP contribution in [0.1, 0.15) is 21.5 Å². The van der Waals surface area contributed by atoms with E-state index < -0.39 is 0 Å². The van der Waals surface area contributed by atoms with Crippen molar-refractivity contribution in [1.82, 2.24) is 29.8 Å². The Balaban J connectivity index is 1.37. The van der Waals surface area contributed by atoms with Crippen LogP contribution < -0.4 is 15.8 Å². The number of pyridine rings is 1. The molecule has 1 amide bonds. The highest BCUT2D eigenvalue weighted by Crippen LogP contribution is 2.29. The van der Waals surface area contributed by atoms with Gasteiger partial charge in [-0.1, -0.05) is 24.3 Å². The van der Waals surface area contributed by atoms with Gasteiger partial charge in [0.05, 0.1) is 31.6 Å². The molecule has 35 heavy (non-hydrogen) atoms. The summed E-state index contributed by atoms with van der Waals surface area (Å²) in [6, 6.07) is 13.6. The third-order valence-electron chi connectivity index (χ3n) is 6.02. The number of nitrogens with one attached hydrogen (secondary N) is 1. The number of carbonyl (C=O) groups is 1. The topological polar surface area (TPSA) is 120 Å². The fraction of sp³-hybridized carbons (Fsp3) is 0.280. The maximum absolute atomic E-state index is 13.3. The van der Waals surface area contributed by atoms with Gasteiger partial charge in [-0.25, -0.2) is 14.5 Å². The quantitative estimate of drug-likeness (QED) is 0.419. The van der Waals surface area contributed by atoms with Crippen LogP contribution in [0.25, 0.3) is 16.8 Å². The third kappa shape index (κ3) is 4.93. The van der Waals surface area contributed by atoms with Gasteiger partial charge in [-0.3, -0.25) is 9.69 Å². The number of carbonyl (C=O) groups excluding carboxylic acids is 1. The number of nitrogen functional groups attached to an aromatic ring is 1. The Morgan fingerprint density at radius 2 is 1.97 bits per heavy atom. The van der Waals surface area contributed by atoms with Crippen molar-refractivity contribution in [2.75, 3.05) is 39.1 Å². The molecule has 1 saturated heterocycles. The molecule has 1 aliphatic rings. The minimum Gasteiger partial charge on any atom is -0.481 e. The zero-order chi connectivity index (χ0) is 24.2. The zero-order valence-corrected chi connectivity index (χ0v) is 19.5. The summed E-state index contributed by atoms with van der Waals surface area (Å²) in [5.41, 5.74) is 10.7. The minimum absolute atomic E-state index is 0.227. The van der Waals surface area contributed by atoms with Gasteiger partial charge in [0.25, 0.3) is 5.91 Å². The van der Waals surface area contributed by atoms with Crippen molar-refractivity contribution in [3.8, 4) is 17.1 Å². The van der Waals surface area contributed by atoms with E-state index in [1.807, 2.05) is 18.2 Å². The van der Waals surface area contributed by atoms with Gasteiger partial charge in [-0.2, -0.15) is 5.10 Å². The molecule has 180 valence electrons. The Morgan fingerprint density at radius 3 is 2.80 bits per heavy atom. The maximum Gasteiger partial charge on any atom is 0.253 e. The third-order valence-corrected chi connectivity index (χ3v) is 6.02. The molecule has 5 rings (SSSR count). The van der Waals surface area contributed by atoms with Crippen molar-refractivity contribution in [3.63, 3.8) is 0 Å². The van der Waals surface area contributed by atoms with Gasteiger partial charge < -0.3 is 20.5 Å².